The van der Waals surface area contributed by atoms with Gasteiger partial charge in [0.2, 0.25) is 5.91 Å². The first-order valence-corrected chi connectivity index (χ1v) is 9.59. The number of carbonyl (C=O) groups is 3. The SMILES string of the molecule is CCOCC(=O)N1C[C@@H]2[C@H](CNC(=O)c3cccnc3)CO[C@@H]2C1.O=C(O)C(F)(F)F. The molecule has 12 heteroatoms. The number of hydrogen-bond donors (Lipinski definition) is 2. The van der Waals surface area contributed by atoms with Gasteiger partial charge in [0.05, 0.1) is 18.3 Å². The highest BCUT2D eigenvalue weighted by molar-refractivity contribution is 5.93. The van der Waals surface area contributed by atoms with Crippen molar-refractivity contribution in [3.05, 3.63) is 30.1 Å². The fourth-order valence-corrected chi connectivity index (χ4v) is 3.32. The van der Waals surface area contributed by atoms with Crippen molar-refractivity contribution in [3.63, 3.8) is 0 Å². The highest BCUT2D eigenvalue weighted by Gasteiger charge is 2.45. The van der Waals surface area contributed by atoms with E-state index in [-0.39, 0.29) is 36.4 Å². The summed E-state index contributed by atoms with van der Waals surface area (Å²) in [4.78, 5) is 38.8. The zero-order valence-corrected chi connectivity index (χ0v) is 16.8. The van der Waals surface area contributed by atoms with E-state index in [1.807, 2.05) is 6.92 Å². The molecule has 2 N–H and O–H groups in total. The second-order valence-corrected chi connectivity index (χ2v) is 6.99. The van der Waals surface area contributed by atoms with Crippen LogP contribution in [0.25, 0.3) is 0 Å². The fourth-order valence-electron chi connectivity index (χ4n) is 3.32. The van der Waals surface area contributed by atoms with Crippen LogP contribution in [0.4, 0.5) is 13.2 Å². The predicted molar refractivity (Wildman–Crippen MR) is 100 cm³/mol. The van der Waals surface area contributed by atoms with Crippen molar-refractivity contribution in [2.75, 3.05) is 39.5 Å². The number of aliphatic carboxylic acids is 1. The number of pyridine rings is 1. The summed E-state index contributed by atoms with van der Waals surface area (Å²) in [6.45, 7) is 4.98. The van der Waals surface area contributed by atoms with Crippen molar-refractivity contribution < 1.29 is 42.1 Å². The number of carboxylic acid groups (broad SMARTS) is 1. The van der Waals surface area contributed by atoms with Crippen LogP contribution in [0.1, 0.15) is 17.3 Å². The number of carboxylic acids is 1. The summed E-state index contributed by atoms with van der Waals surface area (Å²) < 4.78 is 42.7. The van der Waals surface area contributed by atoms with Crippen LogP contribution in [0.15, 0.2) is 24.5 Å². The van der Waals surface area contributed by atoms with Gasteiger partial charge in [-0.1, -0.05) is 0 Å². The Kier molecular flexibility index (Phi) is 8.75. The van der Waals surface area contributed by atoms with Crippen molar-refractivity contribution in [2.24, 2.45) is 11.8 Å². The van der Waals surface area contributed by atoms with Gasteiger partial charge in [-0.2, -0.15) is 13.2 Å². The van der Waals surface area contributed by atoms with E-state index in [1.54, 1.807) is 29.4 Å². The second-order valence-electron chi connectivity index (χ2n) is 6.99. The molecule has 3 rings (SSSR count). The number of nitrogens with zero attached hydrogens (tertiary/aromatic N) is 2. The van der Waals surface area contributed by atoms with Gasteiger partial charge in [0.1, 0.15) is 6.61 Å². The maximum atomic E-state index is 12.1. The Balaban J connectivity index is 0.000000423. The number of amides is 2. The molecule has 2 saturated heterocycles. The van der Waals surface area contributed by atoms with Crippen LogP contribution in [0.5, 0.6) is 0 Å². The number of likely N-dealkylation sites (tertiary alicyclic amines) is 1. The average molecular weight is 447 g/mol. The highest BCUT2D eigenvalue weighted by Crippen LogP contribution is 2.33. The van der Waals surface area contributed by atoms with Crippen LogP contribution in [0, 0.1) is 11.8 Å². The summed E-state index contributed by atoms with van der Waals surface area (Å²) in [5.74, 6) is -2.39. The number of ether oxygens (including phenoxy) is 2. The van der Waals surface area contributed by atoms with Crippen molar-refractivity contribution >= 4 is 17.8 Å². The minimum absolute atomic E-state index is 0.00740. The Hall–Kier alpha value is -2.73. The molecule has 0 aliphatic carbocycles. The number of rotatable bonds is 6. The summed E-state index contributed by atoms with van der Waals surface area (Å²) in [5, 5.41) is 10.1. The molecule has 2 aliphatic heterocycles. The van der Waals surface area contributed by atoms with Gasteiger partial charge in [-0.15, -0.1) is 0 Å². The van der Waals surface area contributed by atoms with E-state index in [0.29, 0.717) is 38.4 Å². The Morgan fingerprint density at radius 2 is 2.06 bits per heavy atom. The molecule has 0 aromatic carbocycles. The lowest BCUT2D eigenvalue weighted by Crippen LogP contribution is -2.36. The first-order chi connectivity index (χ1) is 14.6. The molecule has 2 aliphatic rings. The van der Waals surface area contributed by atoms with Crippen molar-refractivity contribution in [1.82, 2.24) is 15.2 Å². The average Bonchev–Trinajstić information content (AvgIpc) is 3.32. The summed E-state index contributed by atoms with van der Waals surface area (Å²) in [5.41, 5.74) is 0.549. The molecule has 0 saturated carbocycles. The van der Waals surface area contributed by atoms with Crippen molar-refractivity contribution in [1.29, 1.82) is 0 Å². The first-order valence-electron chi connectivity index (χ1n) is 9.59. The van der Waals surface area contributed by atoms with E-state index in [0.717, 1.165) is 0 Å². The largest absolute Gasteiger partial charge is 0.490 e. The van der Waals surface area contributed by atoms with E-state index in [2.05, 4.69) is 10.3 Å². The first kappa shape index (κ1) is 24.5. The Morgan fingerprint density at radius 1 is 1.35 bits per heavy atom. The van der Waals surface area contributed by atoms with Gasteiger partial charge in [0.15, 0.2) is 0 Å². The number of hydrogen-bond acceptors (Lipinski definition) is 6. The van der Waals surface area contributed by atoms with Gasteiger partial charge in [0, 0.05) is 50.5 Å². The molecule has 0 bridgehead atoms. The topological polar surface area (TPSA) is 118 Å². The van der Waals surface area contributed by atoms with Gasteiger partial charge >= 0.3 is 12.1 Å². The summed E-state index contributed by atoms with van der Waals surface area (Å²) in [7, 11) is 0. The summed E-state index contributed by atoms with van der Waals surface area (Å²) >= 11 is 0. The third kappa shape index (κ3) is 7.17. The number of halogens is 3. The van der Waals surface area contributed by atoms with Gasteiger partial charge in [-0.25, -0.2) is 4.79 Å². The third-order valence-corrected chi connectivity index (χ3v) is 4.91. The molecule has 3 heterocycles. The second kappa shape index (κ2) is 11.0. The molecule has 172 valence electrons. The van der Waals surface area contributed by atoms with Crippen LogP contribution < -0.4 is 5.32 Å². The maximum absolute atomic E-state index is 12.1. The van der Waals surface area contributed by atoms with Crippen LogP contribution in [0.2, 0.25) is 0 Å². The molecular weight excluding hydrogens is 423 g/mol. The number of alkyl halides is 3. The van der Waals surface area contributed by atoms with E-state index in [9.17, 15) is 22.8 Å². The smallest absolute Gasteiger partial charge is 0.475 e. The lowest BCUT2D eigenvalue weighted by atomic mass is 9.93. The van der Waals surface area contributed by atoms with E-state index in [1.165, 1.54) is 0 Å². The van der Waals surface area contributed by atoms with E-state index in [4.69, 9.17) is 19.4 Å². The molecule has 31 heavy (non-hydrogen) atoms. The molecule has 0 radical (unpaired) electrons. The molecule has 1 aromatic rings. The Bertz CT molecular complexity index is 762. The monoisotopic (exact) mass is 447 g/mol. The van der Waals surface area contributed by atoms with Gasteiger partial charge in [-0.3, -0.25) is 14.6 Å². The Labute approximate surface area is 176 Å². The standard InChI is InChI=1S/C17H23N3O4.C2HF3O2/c1-2-23-11-16(21)20-8-14-13(10-24-15(14)9-20)7-19-17(22)12-4-3-5-18-6-12;3-2(4,5)1(6)7/h3-6,13-15H,2,7-11H2,1H3,(H,19,22);(H,6,7)/t13-,14-,15-;/m1./s1. The lowest BCUT2D eigenvalue weighted by Gasteiger charge is -2.20. The van der Waals surface area contributed by atoms with Gasteiger partial charge in [-0.05, 0) is 19.1 Å². The zero-order chi connectivity index (χ0) is 23.0. The molecule has 2 fully saturated rings. The van der Waals surface area contributed by atoms with Crippen LogP contribution in [-0.4, -0.2) is 84.5 Å². The highest BCUT2D eigenvalue weighted by atomic mass is 19.4. The van der Waals surface area contributed by atoms with Gasteiger partial charge < -0.3 is 24.8 Å². The van der Waals surface area contributed by atoms with Crippen molar-refractivity contribution in [2.45, 2.75) is 19.2 Å². The normalized spacial score (nSPS) is 22.3. The molecular formula is C19H24F3N3O6. The zero-order valence-electron chi connectivity index (χ0n) is 16.8. The summed E-state index contributed by atoms with van der Waals surface area (Å²) in [6, 6.07) is 3.47. The van der Waals surface area contributed by atoms with Crippen LogP contribution in [0.3, 0.4) is 0 Å². The van der Waals surface area contributed by atoms with E-state index < -0.39 is 12.1 Å². The molecule has 3 atom stereocenters. The number of nitrogens with one attached hydrogen (secondary N) is 1. The molecule has 1 aromatic heterocycles. The Morgan fingerprint density at radius 3 is 2.65 bits per heavy atom. The van der Waals surface area contributed by atoms with Gasteiger partial charge in [0.25, 0.3) is 5.91 Å². The predicted octanol–water partition coefficient (Wildman–Crippen LogP) is 0.955. The molecule has 0 spiro atoms. The lowest BCUT2D eigenvalue weighted by molar-refractivity contribution is -0.192. The number of carbonyl (C=O) groups excluding carboxylic acids is 2. The third-order valence-electron chi connectivity index (χ3n) is 4.91. The van der Waals surface area contributed by atoms with E-state index >= 15 is 0 Å². The van der Waals surface area contributed by atoms with Crippen molar-refractivity contribution in [3.8, 4) is 0 Å². The quantitative estimate of drug-likeness (QED) is 0.667. The molecule has 9 nitrogen and oxygen atoms in total. The number of fused-ring (bicyclic) bond motifs is 1. The minimum atomic E-state index is -5.08. The molecule has 2 amide bonds. The van der Waals surface area contributed by atoms with Crippen LogP contribution in [-0.2, 0) is 19.1 Å². The number of aromatic nitrogens is 1. The fraction of sp³-hybridized carbons (Fsp3) is 0.579. The summed E-state index contributed by atoms with van der Waals surface area (Å²) in [6.07, 6.45) is -1.83. The minimum Gasteiger partial charge on any atom is -0.475 e. The molecule has 0 unspecified atom stereocenters. The van der Waals surface area contributed by atoms with Crippen LogP contribution >= 0.6 is 0 Å². The maximum Gasteiger partial charge on any atom is 0.490 e.